The van der Waals surface area contributed by atoms with Crippen LogP contribution in [0.25, 0.3) is 0 Å². The van der Waals surface area contributed by atoms with E-state index in [1.54, 1.807) is 0 Å². The fraction of sp³-hybridized carbons (Fsp3) is 0.923. The van der Waals surface area contributed by atoms with Gasteiger partial charge in [0, 0.05) is 12.8 Å². The van der Waals surface area contributed by atoms with Crippen molar-refractivity contribution in [3.05, 3.63) is 0 Å². The summed E-state index contributed by atoms with van der Waals surface area (Å²) in [7, 11) is 0. The molecule has 3 aliphatic carbocycles. The number of rotatable bonds is 0. The molecule has 1 spiro atoms. The molecule has 1 heteroatoms. The first kappa shape index (κ1) is 8.94. The summed E-state index contributed by atoms with van der Waals surface area (Å²) >= 11 is 0. The van der Waals surface area contributed by atoms with Crippen LogP contribution in [0.2, 0.25) is 0 Å². The molecular weight excluding hydrogens is 172 g/mol. The number of fused-ring (bicyclic) bond motifs is 1. The van der Waals surface area contributed by atoms with Gasteiger partial charge in [-0.15, -0.1) is 0 Å². The summed E-state index contributed by atoms with van der Waals surface area (Å²) in [6.45, 7) is 7.22. The van der Waals surface area contributed by atoms with Crippen molar-refractivity contribution in [2.45, 2.75) is 52.9 Å². The Morgan fingerprint density at radius 1 is 1.21 bits per heavy atom. The van der Waals surface area contributed by atoms with Crippen LogP contribution < -0.4 is 0 Å². The van der Waals surface area contributed by atoms with Gasteiger partial charge in [-0.25, -0.2) is 0 Å². The molecule has 3 fully saturated rings. The third-order valence-corrected chi connectivity index (χ3v) is 5.91. The van der Waals surface area contributed by atoms with Crippen LogP contribution in [0.1, 0.15) is 52.9 Å². The van der Waals surface area contributed by atoms with E-state index in [0.717, 1.165) is 18.8 Å². The van der Waals surface area contributed by atoms with Crippen LogP contribution in [0, 0.1) is 22.2 Å². The van der Waals surface area contributed by atoms with Gasteiger partial charge in [0.1, 0.15) is 5.78 Å². The number of carbonyl (C=O) groups excluding carboxylic acids is 1. The Labute approximate surface area is 86.3 Å². The zero-order chi connectivity index (χ0) is 10.2. The highest BCUT2D eigenvalue weighted by atomic mass is 16.1. The molecule has 78 valence electrons. The summed E-state index contributed by atoms with van der Waals surface area (Å²) in [6, 6.07) is 0. The molecule has 0 saturated heterocycles. The average Bonchev–Trinajstić information content (AvgIpc) is 2.46. The van der Waals surface area contributed by atoms with Crippen LogP contribution in [0.15, 0.2) is 0 Å². The van der Waals surface area contributed by atoms with Gasteiger partial charge in [-0.2, -0.15) is 0 Å². The van der Waals surface area contributed by atoms with E-state index in [9.17, 15) is 4.79 Å². The maximum absolute atomic E-state index is 11.6. The van der Waals surface area contributed by atoms with E-state index in [1.807, 2.05) is 0 Å². The highest BCUT2D eigenvalue weighted by Gasteiger charge is 2.81. The number of ketones is 1. The minimum atomic E-state index is 0.412. The smallest absolute Gasteiger partial charge is 0.133 e. The second-order valence-corrected chi connectivity index (χ2v) is 6.60. The summed E-state index contributed by atoms with van der Waals surface area (Å²) in [4.78, 5) is 11.6. The van der Waals surface area contributed by atoms with Crippen molar-refractivity contribution in [1.82, 2.24) is 0 Å². The van der Waals surface area contributed by atoms with Crippen LogP contribution in [-0.4, -0.2) is 5.78 Å². The van der Waals surface area contributed by atoms with Gasteiger partial charge in [-0.1, -0.05) is 27.2 Å². The first-order valence-electron chi connectivity index (χ1n) is 5.96. The molecule has 1 nitrogen and oxygen atoms in total. The SMILES string of the molecule is CC1(C)CCC[C@]2(C)[C@H]3CC(=O)C[C@@]312. The van der Waals surface area contributed by atoms with Crippen LogP contribution in [0.5, 0.6) is 0 Å². The molecule has 3 aliphatic rings. The summed E-state index contributed by atoms with van der Waals surface area (Å²) in [5, 5.41) is 0. The van der Waals surface area contributed by atoms with Crippen LogP contribution in [0.4, 0.5) is 0 Å². The molecule has 3 rings (SSSR count). The van der Waals surface area contributed by atoms with Gasteiger partial charge < -0.3 is 0 Å². The van der Waals surface area contributed by atoms with Crippen LogP contribution >= 0.6 is 0 Å². The van der Waals surface area contributed by atoms with Crippen molar-refractivity contribution in [3.63, 3.8) is 0 Å². The Morgan fingerprint density at radius 3 is 2.64 bits per heavy atom. The Hall–Kier alpha value is -0.330. The second-order valence-electron chi connectivity index (χ2n) is 6.60. The molecule has 0 aliphatic heterocycles. The minimum Gasteiger partial charge on any atom is -0.300 e. The molecule has 0 aromatic heterocycles. The topological polar surface area (TPSA) is 17.1 Å². The highest BCUT2D eigenvalue weighted by Crippen LogP contribution is 2.86. The Morgan fingerprint density at radius 2 is 1.93 bits per heavy atom. The van der Waals surface area contributed by atoms with Gasteiger partial charge in [-0.3, -0.25) is 4.79 Å². The maximum Gasteiger partial charge on any atom is 0.133 e. The highest BCUT2D eigenvalue weighted by molar-refractivity contribution is 5.85. The molecule has 3 atom stereocenters. The molecular formula is C13H20O. The zero-order valence-electron chi connectivity index (χ0n) is 9.52. The predicted octanol–water partition coefficient (Wildman–Crippen LogP) is 3.18. The van der Waals surface area contributed by atoms with Crippen LogP contribution in [-0.2, 0) is 4.79 Å². The largest absolute Gasteiger partial charge is 0.300 e. The molecule has 0 bridgehead atoms. The summed E-state index contributed by atoms with van der Waals surface area (Å²) < 4.78 is 0. The third-order valence-electron chi connectivity index (χ3n) is 5.91. The second kappa shape index (κ2) is 2.10. The van der Waals surface area contributed by atoms with E-state index in [-0.39, 0.29) is 0 Å². The zero-order valence-corrected chi connectivity index (χ0v) is 9.52. The van der Waals surface area contributed by atoms with E-state index >= 15 is 0 Å². The van der Waals surface area contributed by atoms with Gasteiger partial charge in [0.2, 0.25) is 0 Å². The van der Waals surface area contributed by atoms with Crippen molar-refractivity contribution in [2.24, 2.45) is 22.2 Å². The van der Waals surface area contributed by atoms with E-state index in [2.05, 4.69) is 20.8 Å². The van der Waals surface area contributed by atoms with Crippen molar-refractivity contribution >= 4 is 5.78 Å². The van der Waals surface area contributed by atoms with Crippen molar-refractivity contribution in [2.75, 3.05) is 0 Å². The van der Waals surface area contributed by atoms with Crippen molar-refractivity contribution in [1.29, 1.82) is 0 Å². The molecule has 0 amide bonds. The lowest BCUT2D eigenvalue weighted by molar-refractivity contribution is -0.120. The molecule has 0 aromatic carbocycles. The lowest BCUT2D eigenvalue weighted by Crippen LogP contribution is -2.35. The Bertz CT molecular complexity index is 304. The standard InChI is InChI=1S/C13H20O/c1-11(2)5-4-6-12(3)10-7-9(14)8-13(10,11)12/h10H,4-8H2,1-3H3/t10-,12-,13-/m1/s1. The monoisotopic (exact) mass is 192 g/mol. The number of hydrogen-bond donors (Lipinski definition) is 0. The van der Waals surface area contributed by atoms with Gasteiger partial charge in [-0.05, 0) is 35.0 Å². The molecule has 0 radical (unpaired) electrons. The Balaban J connectivity index is 2.06. The molecule has 0 heterocycles. The summed E-state index contributed by atoms with van der Waals surface area (Å²) in [6.07, 6.45) is 5.85. The van der Waals surface area contributed by atoms with Gasteiger partial charge >= 0.3 is 0 Å². The van der Waals surface area contributed by atoms with Crippen LogP contribution in [0.3, 0.4) is 0 Å². The normalized spacial score (nSPS) is 53.9. The molecule has 0 N–H and O–H groups in total. The molecule has 0 unspecified atom stereocenters. The quantitative estimate of drug-likeness (QED) is 0.576. The molecule has 3 saturated carbocycles. The summed E-state index contributed by atoms with van der Waals surface area (Å²) in [5.41, 5.74) is 1.36. The van der Waals surface area contributed by atoms with Gasteiger partial charge in [0.15, 0.2) is 0 Å². The molecule has 14 heavy (non-hydrogen) atoms. The van der Waals surface area contributed by atoms with E-state index < -0.39 is 0 Å². The molecule has 0 aromatic rings. The number of hydrogen-bond acceptors (Lipinski definition) is 1. The maximum atomic E-state index is 11.6. The average molecular weight is 192 g/mol. The first-order chi connectivity index (χ1) is 6.44. The first-order valence-corrected chi connectivity index (χ1v) is 5.96. The van der Waals surface area contributed by atoms with Crippen molar-refractivity contribution < 1.29 is 4.79 Å². The fourth-order valence-corrected chi connectivity index (χ4v) is 5.20. The minimum absolute atomic E-state index is 0.412. The number of Topliss-reactive ketones (excluding diaryl/α,β-unsaturated/α-hetero) is 1. The van der Waals surface area contributed by atoms with E-state index in [4.69, 9.17) is 0 Å². The third kappa shape index (κ3) is 0.666. The summed E-state index contributed by atoms with van der Waals surface area (Å²) in [5.74, 6) is 1.27. The van der Waals surface area contributed by atoms with Gasteiger partial charge in [0.25, 0.3) is 0 Å². The number of carbonyl (C=O) groups is 1. The predicted molar refractivity (Wildman–Crippen MR) is 55.9 cm³/mol. The van der Waals surface area contributed by atoms with E-state index in [1.165, 1.54) is 19.3 Å². The van der Waals surface area contributed by atoms with Gasteiger partial charge in [0.05, 0.1) is 0 Å². The Kier molecular flexibility index (Phi) is 1.34. The fourth-order valence-electron chi connectivity index (χ4n) is 5.20. The van der Waals surface area contributed by atoms with Crippen molar-refractivity contribution in [3.8, 4) is 0 Å². The lowest BCUT2D eigenvalue weighted by atomic mass is 9.62. The lowest BCUT2D eigenvalue weighted by Gasteiger charge is -2.42. The van der Waals surface area contributed by atoms with E-state index in [0.29, 0.717) is 22.0 Å².